The lowest BCUT2D eigenvalue weighted by molar-refractivity contribution is -0.138. The number of aromatic nitrogens is 3. The summed E-state index contributed by atoms with van der Waals surface area (Å²) in [5.41, 5.74) is 0.823. The van der Waals surface area contributed by atoms with E-state index in [1.807, 2.05) is 36.5 Å². The molecule has 6 heteroatoms. The second kappa shape index (κ2) is 7.40. The molecule has 1 aromatic carbocycles. The number of nitrogens with one attached hydrogen (secondary N) is 1. The summed E-state index contributed by atoms with van der Waals surface area (Å²) in [7, 11) is 0. The second-order valence-corrected chi connectivity index (χ2v) is 4.53. The molecule has 0 aliphatic heterocycles. The fraction of sp³-hybridized carbons (Fsp3) is 0.357. The Morgan fingerprint density at radius 1 is 1.35 bits per heavy atom. The number of hydrogen-bond donors (Lipinski definition) is 2. The molecule has 106 valence electrons. The summed E-state index contributed by atoms with van der Waals surface area (Å²) in [5.74, 6) is -1.32. The Balaban J connectivity index is 1.74. The Labute approximate surface area is 117 Å². The standard InChI is InChI=1S/C14H18N4O2/c19-14(20)13(12-5-2-1-3-6-12)11-15-7-4-9-18-10-8-16-17-18/h1-3,5-6,8,10,13,15H,4,7,9,11H2,(H,19,20). The van der Waals surface area contributed by atoms with E-state index in [9.17, 15) is 9.90 Å². The average Bonchev–Trinajstić information content (AvgIpc) is 2.96. The molecular weight excluding hydrogens is 256 g/mol. The van der Waals surface area contributed by atoms with Gasteiger partial charge in [0.05, 0.1) is 12.1 Å². The third-order valence-electron chi connectivity index (χ3n) is 3.06. The Hall–Kier alpha value is -2.21. The van der Waals surface area contributed by atoms with Gasteiger partial charge >= 0.3 is 5.97 Å². The van der Waals surface area contributed by atoms with Crippen LogP contribution in [0, 0.1) is 0 Å². The smallest absolute Gasteiger partial charge is 0.312 e. The fourth-order valence-electron chi connectivity index (χ4n) is 2.00. The SMILES string of the molecule is O=C(O)C(CNCCCn1ccnn1)c1ccccc1. The average molecular weight is 274 g/mol. The predicted octanol–water partition coefficient (Wildman–Crippen LogP) is 1.13. The monoisotopic (exact) mass is 274 g/mol. The number of aryl methyl sites for hydroxylation is 1. The molecule has 0 aliphatic carbocycles. The first-order valence-corrected chi connectivity index (χ1v) is 6.60. The first kappa shape index (κ1) is 14.2. The van der Waals surface area contributed by atoms with Crippen LogP contribution in [0.1, 0.15) is 17.9 Å². The van der Waals surface area contributed by atoms with Gasteiger partial charge in [-0.15, -0.1) is 5.10 Å². The molecule has 2 rings (SSSR count). The predicted molar refractivity (Wildman–Crippen MR) is 74.3 cm³/mol. The highest BCUT2D eigenvalue weighted by Crippen LogP contribution is 2.14. The van der Waals surface area contributed by atoms with Crippen molar-refractivity contribution in [3.63, 3.8) is 0 Å². The Morgan fingerprint density at radius 2 is 2.15 bits per heavy atom. The van der Waals surface area contributed by atoms with Gasteiger partial charge in [0.25, 0.3) is 0 Å². The normalized spacial score (nSPS) is 12.2. The number of carbonyl (C=O) groups is 1. The molecule has 1 heterocycles. The molecule has 0 amide bonds. The van der Waals surface area contributed by atoms with Crippen LogP contribution in [-0.2, 0) is 11.3 Å². The van der Waals surface area contributed by atoms with Crippen LogP contribution in [0.4, 0.5) is 0 Å². The van der Waals surface area contributed by atoms with E-state index in [4.69, 9.17) is 0 Å². The van der Waals surface area contributed by atoms with Crippen molar-refractivity contribution in [2.45, 2.75) is 18.9 Å². The van der Waals surface area contributed by atoms with Crippen molar-refractivity contribution in [3.8, 4) is 0 Å². The third kappa shape index (κ3) is 4.17. The number of carboxylic acid groups (broad SMARTS) is 1. The zero-order chi connectivity index (χ0) is 14.2. The molecule has 20 heavy (non-hydrogen) atoms. The van der Waals surface area contributed by atoms with Crippen LogP contribution in [0.25, 0.3) is 0 Å². The first-order valence-electron chi connectivity index (χ1n) is 6.60. The molecule has 0 spiro atoms. The molecule has 2 N–H and O–H groups in total. The Kier molecular flexibility index (Phi) is 5.25. The molecular formula is C14H18N4O2. The van der Waals surface area contributed by atoms with Crippen molar-refractivity contribution >= 4 is 5.97 Å². The zero-order valence-electron chi connectivity index (χ0n) is 11.1. The van der Waals surface area contributed by atoms with E-state index < -0.39 is 11.9 Å². The highest BCUT2D eigenvalue weighted by atomic mass is 16.4. The molecule has 1 aromatic heterocycles. The van der Waals surface area contributed by atoms with Crippen LogP contribution in [0.2, 0.25) is 0 Å². The van der Waals surface area contributed by atoms with Crippen LogP contribution >= 0.6 is 0 Å². The van der Waals surface area contributed by atoms with Crippen LogP contribution in [-0.4, -0.2) is 39.2 Å². The molecule has 0 fully saturated rings. The van der Waals surface area contributed by atoms with Gasteiger partial charge in [-0.3, -0.25) is 9.48 Å². The minimum atomic E-state index is -0.806. The fourth-order valence-corrected chi connectivity index (χ4v) is 2.00. The number of benzene rings is 1. The first-order chi connectivity index (χ1) is 9.77. The van der Waals surface area contributed by atoms with Crippen molar-refractivity contribution in [1.29, 1.82) is 0 Å². The van der Waals surface area contributed by atoms with Gasteiger partial charge in [-0.1, -0.05) is 35.5 Å². The summed E-state index contributed by atoms with van der Waals surface area (Å²) in [6, 6.07) is 9.28. The summed E-state index contributed by atoms with van der Waals surface area (Å²) in [6.45, 7) is 1.95. The molecule has 2 aromatic rings. The summed E-state index contributed by atoms with van der Waals surface area (Å²) >= 11 is 0. The van der Waals surface area contributed by atoms with Crippen LogP contribution in [0.3, 0.4) is 0 Å². The highest BCUT2D eigenvalue weighted by molar-refractivity contribution is 5.76. The quantitative estimate of drug-likeness (QED) is 0.705. The van der Waals surface area contributed by atoms with Crippen LogP contribution in [0.5, 0.6) is 0 Å². The number of carboxylic acids is 1. The highest BCUT2D eigenvalue weighted by Gasteiger charge is 2.18. The second-order valence-electron chi connectivity index (χ2n) is 4.53. The van der Waals surface area contributed by atoms with E-state index in [1.54, 1.807) is 10.9 Å². The molecule has 0 radical (unpaired) electrons. The maximum atomic E-state index is 11.3. The molecule has 0 saturated carbocycles. The van der Waals surface area contributed by atoms with Gasteiger partial charge in [-0.25, -0.2) is 0 Å². The molecule has 0 aliphatic rings. The summed E-state index contributed by atoms with van der Waals surface area (Å²) < 4.78 is 1.76. The van der Waals surface area contributed by atoms with Crippen molar-refractivity contribution in [3.05, 3.63) is 48.3 Å². The van der Waals surface area contributed by atoms with Gasteiger partial charge in [0, 0.05) is 19.3 Å². The zero-order valence-corrected chi connectivity index (χ0v) is 11.1. The van der Waals surface area contributed by atoms with Gasteiger partial charge in [0.15, 0.2) is 0 Å². The van der Waals surface area contributed by atoms with Crippen LogP contribution < -0.4 is 5.32 Å². The summed E-state index contributed by atoms with van der Waals surface area (Å²) in [6.07, 6.45) is 4.33. The third-order valence-corrected chi connectivity index (χ3v) is 3.06. The van der Waals surface area contributed by atoms with Gasteiger partial charge in [0.2, 0.25) is 0 Å². The Morgan fingerprint density at radius 3 is 2.80 bits per heavy atom. The Bertz CT molecular complexity index is 513. The van der Waals surface area contributed by atoms with Gasteiger partial charge < -0.3 is 10.4 Å². The minimum Gasteiger partial charge on any atom is -0.481 e. The van der Waals surface area contributed by atoms with Gasteiger partial charge in [-0.2, -0.15) is 0 Å². The van der Waals surface area contributed by atoms with Crippen molar-refractivity contribution in [2.24, 2.45) is 0 Å². The van der Waals surface area contributed by atoms with Crippen molar-refractivity contribution in [2.75, 3.05) is 13.1 Å². The number of nitrogens with zero attached hydrogens (tertiary/aromatic N) is 3. The molecule has 0 bridgehead atoms. The summed E-state index contributed by atoms with van der Waals surface area (Å²) in [5, 5.41) is 20.1. The van der Waals surface area contributed by atoms with Gasteiger partial charge in [0.1, 0.15) is 0 Å². The summed E-state index contributed by atoms with van der Waals surface area (Å²) in [4.78, 5) is 11.3. The van der Waals surface area contributed by atoms with E-state index in [0.717, 1.165) is 25.1 Å². The lowest BCUT2D eigenvalue weighted by Gasteiger charge is -2.13. The van der Waals surface area contributed by atoms with E-state index in [0.29, 0.717) is 6.54 Å². The maximum absolute atomic E-state index is 11.3. The van der Waals surface area contributed by atoms with E-state index in [1.165, 1.54) is 0 Å². The van der Waals surface area contributed by atoms with Crippen molar-refractivity contribution < 1.29 is 9.90 Å². The van der Waals surface area contributed by atoms with E-state index in [2.05, 4.69) is 15.6 Å². The largest absolute Gasteiger partial charge is 0.481 e. The lowest BCUT2D eigenvalue weighted by atomic mass is 9.99. The lowest BCUT2D eigenvalue weighted by Crippen LogP contribution is -2.28. The molecule has 1 unspecified atom stereocenters. The number of hydrogen-bond acceptors (Lipinski definition) is 4. The molecule has 1 atom stereocenters. The molecule has 0 saturated heterocycles. The van der Waals surface area contributed by atoms with Crippen LogP contribution in [0.15, 0.2) is 42.7 Å². The topological polar surface area (TPSA) is 80.0 Å². The van der Waals surface area contributed by atoms with Crippen molar-refractivity contribution in [1.82, 2.24) is 20.3 Å². The number of aliphatic carboxylic acids is 1. The van der Waals surface area contributed by atoms with E-state index >= 15 is 0 Å². The number of rotatable bonds is 8. The van der Waals surface area contributed by atoms with Gasteiger partial charge in [-0.05, 0) is 18.5 Å². The maximum Gasteiger partial charge on any atom is 0.312 e. The molecule has 6 nitrogen and oxygen atoms in total. The van der Waals surface area contributed by atoms with E-state index in [-0.39, 0.29) is 0 Å². The minimum absolute atomic E-state index is 0.427.